The number of hydrogen-bond acceptors (Lipinski definition) is 2. The number of hydrogen-bond donors (Lipinski definition) is 0. The average Bonchev–Trinajstić information content (AvgIpc) is 2.36. The Labute approximate surface area is 104 Å². The van der Waals surface area contributed by atoms with E-state index in [0.29, 0.717) is 5.56 Å². The smallest absolute Gasteiger partial charge is 0.150 e. The van der Waals surface area contributed by atoms with Crippen LogP contribution in [-0.4, -0.2) is 12.4 Å². The molecule has 0 saturated carbocycles. The second kappa shape index (κ2) is 7.88. The van der Waals surface area contributed by atoms with Crippen LogP contribution in [0.5, 0.6) is 5.75 Å². The van der Waals surface area contributed by atoms with Crippen LogP contribution in [0.3, 0.4) is 0 Å². The molecule has 2 heteroatoms. The minimum atomic E-state index is 0.244. The lowest BCUT2D eigenvalue weighted by Crippen LogP contribution is -2.11. The highest BCUT2D eigenvalue weighted by Crippen LogP contribution is 2.15. The largest absolute Gasteiger partial charge is 0.491 e. The van der Waals surface area contributed by atoms with Crippen LogP contribution in [-0.2, 0) is 0 Å². The van der Waals surface area contributed by atoms with Gasteiger partial charge in [-0.05, 0) is 44.0 Å². The molecule has 0 unspecified atom stereocenters. The molecule has 0 spiro atoms. The zero-order valence-corrected chi connectivity index (χ0v) is 10.8. The molecule has 0 saturated heterocycles. The first kappa shape index (κ1) is 13.8. The van der Waals surface area contributed by atoms with E-state index in [1.54, 1.807) is 12.1 Å². The molecule has 1 rings (SSSR count). The van der Waals surface area contributed by atoms with Gasteiger partial charge in [0.25, 0.3) is 0 Å². The van der Waals surface area contributed by atoms with E-state index >= 15 is 0 Å². The van der Waals surface area contributed by atoms with E-state index in [1.807, 2.05) is 12.1 Å². The van der Waals surface area contributed by atoms with Gasteiger partial charge in [-0.2, -0.15) is 0 Å². The van der Waals surface area contributed by atoms with Gasteiger partial charge in [0.15, 0.2) is 0 Å². The van der Waals surface area contributed by atoms with Gasteiger partial charge in [-0.25, -0.2) is 0 Å². The van der Waals surface area contributed by atoms with Gasteiger partial charge < -0.3 is 4.74 Å². The van der Waals surface area contributed by atoms with Gasteiger partial charge in [0.2, 0.25) is 0 Å². The molecule has 1 atom stereocenters. The Morgan fingerprint density at radius 2 is 1.88 bits per heavy atom. The van der Waals surface area contributed by atoms with Crippen molar-refractivity contribution in [1.82, 2.24) is 0 Å². The van der Waals surface area contributed by atoms with E-state index in [4.69, 9.17) is 4.74 Å². The third-order valence-electron chi connectivity index (χ3n) is 2.82. The fraction of sp³-hybridized carbons (Fsp3) is 0.533. The maximum absolute atomic E-state index is 10.5. The first-order chi connectivity index (χ1) is 8.26. The van der Waals surface area contributed by atoms with E-state index < -0.39 is 0 Å². The van der Waals surface area contributed by atoms with Crippen LogP contribution in [0.1, 0.15) is 56.3 Å². The maximum atomic E-state index is 10.5. The molecule has 0 radical (unpaired) electrons. The minimum absolute atomic E-state index is 0.244. The molecule has 17 heavy (non-hydrogen) atoms. The monoisotopic (exact) mass is 234 g/mol. The number of aldehydes is 1. The fourth-order valence-electron chi connectivity index (χ4n) is 1.77. The molecule has 2 nitrogen and oxygen atoms in total. The highest BCUT2D eigenvalue weighted by molar-refractivity contribution is 5.74. The predicted molar refractivity (Wildman–Crippen MR) is 70.7 cm³/mol. The topological polar surface area (TPSA) is 26.3 Å². The summed E-state index contributed by atoms with van der Waals surface area (Å²) in [6, 6.07) is 7.27. The Balaban J connectivity index is 2.29. The maximum Gasteiger partial charge on any atom is 0.150 e. The first-order valence-electron chi connectivity index (χ1n) is 6.48. The molecule has 94 valence electrons. The normalized spacial score (nSPS) is 12.1. The fourth-order valence-corrected chi connectivity index (χ4v) is 1.77. The van der Waals surface area contributed by atoms with Crippen molar-refractivity contribution in [2.24, 2.45) is 0 Å². The number of rotatable bonds is 8. The second-order valence-electron chi connectivity index (χ2n) is 4.46. The lowest BCUT2D eigenvalue weighted by Gasteiger charge is -2.14. The summed E-state index contributed by atoms with van der Waals surface area (Å²) in [6.07, 6.45) is 7.26. The van der Waals surface area contributed by atoms with Crippen LogP contribution in [0.15, 0.2) is 24.3 Å². The SMILES string of the molecule is CCCCCC[C@@H](C)Oc1ccc(C=O)cc1. The van der Waals surface area contributed by atoms with Crippen molar-refractivity contribution in [3.63, 3.8) is 0 Å². The number of unbranched alkanes of at least 4 members (excludes halogenated alkanes) is 3. The van der Waals surface area contributed by atoms with Crippen molar-refractivity contribution in [3.05, 3.63) is 29.8 Å². The molecular formula is C15H22O2. The van der Waals surface area contributed by atoms with Crippen LogP contribution < -0.4 is 4.74 Å². The summed E-state index contributed by atoms with van der Waals surface area (Å²) in [6.45, 7) is 4.31. The van der Waals surface area contributed by atoms with Crippen molar-refractivity contribution in [1.29, 1.82) is 0 Å². The lowest BCUT2D eigenvalue weighted by molar-refractivity contribution is 0.112. The van der Waals surface area contributed by atoms with Crippen molar-refractivity contribution in [2.45, 2.75) is 52.1 Å². The highest BCUT2D eigenvalue weighted by Gasteiger charge is 2.03. The van der Waals surface area contributed by atoms with Crippen LogP contribution in [0.4, 0.5) is 0 Å². The van der Waals surface area contributed by atoms with E-state index in [9.17, 15) is 4.79 Å². The van der Waals surface area contributed by atoms with E-state index in [-0.39, 0.29) is 6.10 Å². The molecule has 0 fully saturated rings. The van der Waals surface area contributed by atoms with Crippen molar-refractivity contribution < 1.29 is 9.53 Å². The molecule has 1 aromatic rings. The predicted octanol–water partition coefficient (Wildman–Crippen LogP) is 4.24. The number of benzene rings is 1. The summed E-state index contributed by atoms with van der Waals surface area (Å²) >= 11 is 0. The van der Waals surface area contributed by atoms with Crippen LogP contribution in [0, 0.1) is 0 Å². The number of carbonyl (C=O) groups is 1. The lowest BCUT2D eigenvalue weighted by atomic mass is 10.1. The molecule has 0 aliphatic carbocycles. The van der Waals surface area contributed by atoms with Gasteiger partial charge in [0.05, 0.1) is 6.10 Å². The number of carbonyl (C=O) groups excluding carboxylic acids is 1. The van der Waals surface area contributed by atoms with Gasteiger partial charge in [-0.1, -0.05) is 26.2 Å². The molecule has 0 amide bonds. The Bertz CT molecular complexity index is 316. The zero-order chi connectivity index (χ0) is 12.5. The second-order valence-corrected chi connectivity index (χ2v) is 4.46. The van der Waals surface area contributed by atoms with E-state index in [0.717, 1.165) is 18.5 Å². The summed E-state index contributed by atoms with van der Waals surface area (Å²) in [5.41, 5.74) is 0.688. The molecule has 0 aromatic heterocycles. The van der Waals surface area contributed by atoms with Gasteiger partial charge in [0, 0.05) is 5.56 Å². The van der Waals surface area contributed by atoms with E-state index in [1.165, 1.54) is 25.7 Å². The Morgan fingerprint density at radius 3 is 2.47 bits per heavy atom. The molecule has 0 N–H and O–H groups in total. The summed E-state index contributed by atoms with van der Waals surface area (Å²) in [4.78, 5) is 10.5. The standard InChI is InChI=1S/C15H22O2/c1-3-4-5-6-7-13(2)17-15-10-8-14(12-16)9-11-15/h8-13H,3-7H2,1-2H3/t13-/m1/s1. The number of ether oxygens (including phenoxy) is 1. The quantitative estimate of drug-likeness (QED) is 0.497. The Kier molecular flexibility index (Phi) is 6.38. The third-order valence-corrected chi connectivity index (χ3v) is 2.82. The molecule has 0 heterocycles. The zero-order valence-electron chi connectivity index (χ0n) is 10.8. The minimum Gasteiger partial charge on any atom is -0.491 e. The molecular weight excluding hydrogens is 212 g/mol. The van der Waals surface area contributed by atoms with Crippen molar-refractivity contribution in [3.8, 4) is 5.75 Å². The molecule has 0 aliphatic rings. The highest BCUT2D eigenvalue weighted by atomic mass is 16.5. The van der Waals surface area contributed by atoms with Crippen molar-refractivity contribution in [2.75, 3.05) is 0 Å². The van der Waals surface area contributed by atoms with Crippen LogP contribution >= 0.6 is 0 Å². The van der Waals surface area contributed by atoms with Gasteiger partial charge in [0.1, 0.15) is 12.0 Å². The Hall–Kier alpha value is -1.31. The summed E-state index contributed by atoms with van der Waals surface area (Å²) in [5, 5.41) is 0. The third kappa shape index (κ3) is 5.53. The molecule has 1 aromatic carbocycles. The summed E-state index contributed by atoms with van der Waals surface area (Å²) < 4.78 is 5.78. The van der Waals surface area contributed by atoms with Crippen LogP contribution in [0.25, 0.3) is 0 Å². The van der Waals surface area contributed by atoms with Crippen LogP contribution in [0.2, 0.25) is 0 Å². The van der Waals surface area contributed by atoms with Gasteiger partial charge in [-0.15, -0.1) is 0 Å². The first-order valence-corrected chi connectivity index (χ1v) is 6.48. The summed E-state index contributed by atoms with van der Waals surface area (Å²) in [7, 11) is 0. The van der Waals surface area contributed by atoms with Crippen molar-refractivity contribution >= 4 is 6.29 Å². The molecule has 0 bridgehead atoms. The molecule has 0 aliphatic heterocycles. The Morgan fingerprint density at radius 1 is 1.18 bits per heavy atom. The van der Waals surface area contributed by atoms with Gasteiger partial charge >= 0.3 is 0 Å². The average molecular weight is 234 g/mol. The van der Waals surface area contributed by atoms with Gasteiger partial charge in [-0.3, -0.25) is 4.79 Å². The van der Waals surface area contributed by atoms with E-state index in [2.05, 4.69) is 13.8 Å². The summed E-state index contributed by atoms with van der Waals surface area (Å²) in [5.74, 6) is 0.846.